The number of sulfonamides is 1. The molecule has 33 heavy (non-hydrogen) atoms. The van der Waals surface area contributed by atoms with Crippen molar-refractivity contribution in [3.05, 3.63) is 81.2 Å². The number of benzene rings is 2. The molecular formula is C24H22ClN3O3S2. The van der Waals surface area contributed by atoms with Crippen LogP contribution in [0.25, 0.3) is 0 Å². The highest BCUT2D eigenvalue weighted by atomic mass is 35.5. The molecule has 9 heteroatoms. The number of halogens is 1. The third kappa shape index (κ3) is 5.22. The fraction of sp³-hybridized carbons (Fsp3) is 0.250. The molecule has 1 aliphatic rings. The molecule has 1 amide bonds. The van der Waals surface area contributed by atoms with E-state index in [0.717, 1.165) is 29.7 Å². The second-order valence-electron chi connectivity index (χ2n) is 7.99. The van der Waals surface area contributed by atoms with Gasteiger partial charge in [0.1, 0.15) is 4.21 Å². The molecule has 6 nitrogen and oxygen atoms in total. The summed E-state index contributed by atoms with van der Waals surface area (Å²) in [5, 5.41) is 8.97. The fourth-order valence-electron chi connectivity index (χ4n) is 3.98. The summed E-state index contributed by atoms with van der Waals surface area (Å²) < 4.78 is 28.3. The first kappa shape index (κ1) is 23.3. The summed E-state index contributed by atoms with van der Waals surface area (Å²) >= 11 is 6.84. The van der Waals surface area contributed by atoms with Crippen molar-refractivity contribution in [2.45, 2.75) is 29.9 Å². The minimum atomic E-state index is -3.78. The van der Waals surface area contributed by atoms with Crippen LogP contribution in [0.5, 0.6) is 0 Å². The average Bonchev–Trinajstić information content (AvgIpc) is 3.27. The molecule has 0 bridgehead atoms. The number of carbonyl (C=O) groups is 1. The van der Waals surface area contributed by atoms with Gasteiger partial charge in [-0.15, -0.1) is 11.3 Å². The number of thiophene rings is 1. The molecule has 1 N–H and O–H groups in total. The number of rotatable bonds is 5. The van der Waals surface area contributed by atoms with E-state index < -0.39 is 10.0 Å². The van der Waals surface area contributed by atoms with Crippen molar-refractivity contribution in [1.29, 1.82) is 5.26 Å². The standard InChI is InChI=1S/C24H22ClN3O3S2/c1-16-2-7-20(27-33(30,31)23-9-8-22(25)32-23)14-21(16)24(29)28-12-10-19(11-13-28)18-5-3-17(15-26)4-6-18/h2-9,14,19,27H,10-13H2,1H3. The number of carbonyl (C=O) groups excluding carboxylic acids is 1. The monoisotopic (exact) mass is 499 g/mol. The summed E-state index contributed by atoms with van der Waals surface area (Å²) in [5.74, 6) is 0.240. The molecule has 0 spiro atoms. The molecule has 170 valence electrons. The van der Waals surface area contributed by atoms with E-state index in [2.05, 4.69) is 10.8 Å². The molecule has 0 unspecified atom stereocenters. The van der Waals surface area contributed by atoms with Crippen LogP contribution in [0.15, 0.2) is 58.8 Å². The van der Waals surface area contributed by atoms with E-state index in [1.807, 2.05) is 36.1 Å². The second-order valence-corrected chi connectivity index (χ2v) is 11.6. The summed E-state index contributed by atoms with van der Waals surface area (Å²) in [5.41, 5.74) is 3.43. The van der Waals surface area contributed by atoms with Crippen LogP contribution in [0.3, 0.4) is 0 Å². The van der Waals surface area contributed by atoms with Crippen LogP contribution in [0, 0.1) is 18.3 Å². The first-order chi connectivity index (χ1) is 15.8. The first-order valence-electron chi connectivity index (χ1n) is 10.4. The van der Waals surface area contributed by atoms with Gasteiger partial charge in [0.2, 0.25) is 0 Å². The van der Waals surface area contributed by atoms with Crippen LogP contribution in [0.4, 0.5) is 5.69 Å². The van der Waals surface area contributed by atoms with E-state index in [-0.39, 0.29) is 10.1 Å². The molecule has 0 radical (unpaired) electrons. The molecule has 2 heterocycles. The number of amides is 1. The zero-order chi connectivity index (χ0) is 23.6. The average molecular weight is 500 g/mol. The highest BCUT2D eigenvalue weighted by Gasteiger charge is 2.26. The first-order valence-corrected chi connectivity index (χ1v) is 13.1. The number of nitrogens with one attached hydrogen (secondary N) is 1. The lowest BCUT2D eigenvalue weighted by Crippen LogP contribution is -2.38. The zero-order valence-corrected chi connectivity index (χ0v) is 20.3. The Bertz CT molecular complexity index is 1320. The summed E-state index contributed by atoms with van der Waals surface area (Å²) in [6, 6.07) is 17.7. The van der Waals surface area contributed by atoms with Crippen molar-refractivity contribution in [3.8, 4) is 6.07 Å². The van der Waals surface area contributed by atoms with Gasteiger partial charge >= 0.3 is 0 Å². The quantitative estimate of drug-likeness (QED) is 0.508. The molecule has 4 rings (SSSR count). The number of hydrogen-bond donors (Lipinski definition) is 1. The van der Waals surface area contributed by atoms with Gasteiger partial charge in [-0.1, -0.05) is 29.8 Å². The van der Waals surface area contributed by atoms with Gasteiger partial charge in [-0.05, 0) is 73.2 Å². The van der Waals surface area contributed by atoms with Crippen molar-refractivity contribution >= 4 is 44.6 Å². The Morgan fingerprint density at radius 1 is 1.12 bits per heavy atom. The predicted molar refractivity (Wildman–Crippen MR) is 130 cm³/mol. The van der Waals surface area contributed by atoms with Crippen molar-refractivity contribution in [1.82, 2.24) is 4.90 Å². The van der Waals surface area contributed by atoms with E-state index >= 15 is 0 Å². The van der Waals surface area contributed by atoms with Crippen LogP contribution in [0.1, 0.15) is 45.8 Å². The number of aryl methyl sites for hydroxylation is 1. The SMILES string of the molecule is Cc1ccc(NS(=O)(=O)c2ccc(Cl)s2)cc1C(=O)N1CCC(c2ccc(C#N)cc2)CC1. The lowest BCUT2D eigenvalue weighted by Gasteiger charge is -2.32. The van der Waals surface area contributed by atoms with E-state index in [0.29, 0.717) is 40.2 Å². The smallest absolute Gasteiger partial charge is 0.271 e. The molecule has 1 saturated heterocycles. The van der Waals surface area contributed by atoms with Gasteiger partial charge < -0.3 is 4.90 Å². The number of likely N-dealkylation sites (tertiary alicyclic amines) is 1. The molecule has 2 aromatic carbocycles. The summed E-state index contributed by atoms with van der Waals surface area (Å²) in [7, 11) is -3.78. The number of anilines is 1. The van der Waals surface area contributed by atoms with Crippen LogP contribution in [-0.4, -0.2) is 32.3 Å². The molecule has 0 aliphatic carbocycles. The minimum absolute atomic E-state index is 0.106. The maximum Gasteiger partial charge on any atom is 0.271 e. The molecule has 1 aromatic heterocycles. The predicted octanol–water partition coefficient (Wildman–Crippen LogP) is 5.40. The third-order valence-corrected chi connectivity index (χ3v) is 8.93. The fourth-order valence-corrected chi connectivity index (χ4v) is 6.51. The third-order valence-electron chi connectivity index (χ3n) is 5.83. The zero-order valence-electron chi connectivity index (χ0n) is 17.9. The van der Waals surface area contributed by atoms with Crippen molar-refractivity contribution in [2.24, 2.45) is 0 Å². The van der Waals surface area contributed by atoms with E-state index in [1.54, 1.807) is 18.2 Å². The van der Waals surface area contributed by atoms with E-state index in [9.17, 15) is 13.2 Å². The van der Waals surface area contributed by atoms with Crippen molar-refractivity contribution < 1.29 is 13.2 Å². The highest BCUT2D eigenvalue weighted by Crippen LogP contribution is 2.31. The van der Waals surface area contributed by atoms with Gasteiger partial charge in [-0.3, -0.25) is 9.52 Å². The molecule has 0 saturated carbocycles. The van der Waals surface area contributed by atoms with Gasteiger partial charge in [-0.2, -0.15) is 5.26 Å². The van der Waals surface area contributed by atoms with Crippen LogP contribution in [-0.2, 0) is 10.0 Å². The lowest BCUT2D eigenvalue weighted by atomic mass is 9.88. The summed E-state index contributed by atoms with van der Waals surface area (Å²) in [4.78, 5) is 15.1. The maximum absolute atomic E-state index is 13.2. The summed E-state index contributed by atoms with van der Waals surface area (Å²) in [6.07, 6.45) is 1.67. The number of hydrogen-bond acceptors (Lipinski definition) is 5. The Labute approximate surface area is 202 Å². The molecule has 0 atom stereocenters. The van der Waals surface area contributed by atoms with Crippen LogP contribution < -0.4 is 4.72 Å². The van der Waals surface area contributed by atoms with Crippen LogP contribution >= 0.6 is 22.9 Å². The molecular weight excluding hydrogens is 478 g/mol. The largest absolute Gasteiger partial charge is 0.339 e. The van der Waals surface area contributed by atoms with Gasteiger partial charge in [0.15, 0.2) is 0 Å². The Hall–Kier alpha value is -2.86. The maximum atomic E-state index is 13.2. The highest BCUT2D eigenvalue weighted by molar-refractivity contribution is 7.94. The number of piperidine rings is 1. The van der Waals surface area contributed by atoms with Crippen LogP contribution in [0.2, 0.25) is 4.34 Å². The Morgan fingerprint density at radius 3 is 2.42 bits per heavy atom. The van der Waals surface area contributed by atoms with Gasteiger partial charge in [0.25, 0.3) is 15.9 Å². The minimum Gasteiger partial charge on any atom is -0.339 e. The second kappa shape index (κ2) is 9.56. The summed E-state index contributed by atoms with van der Waals surface area (Å²) in [6.45, 7) is 3.08. The van der Waals surface area contributed by atoms with Gasteiger partial charge in [-0.25, -0.2) is 8.42 Å². The van der Waals surface area contributed by atoms with Gasteiger partial charge in [0, 0.05) is 24.3 Å². The van der Waals surface area contributed by atoms with E-state index in [4.69, 9.17) is 16.9 Å². The van der Waals surface area contributed by atoms with Crippen molar-refractivity contribution in [2.75, 3.05) is 17.8 Å². The topological polar surface area (TPSA) is 90.3 Å². The Morgan fingerprint density at radius 2 is 1.82 bits per heavy atom. The number of nitriles is 1. The molecule has 1 fully saturated rings. The molecule has 3 aromatic rings. The van der Waals surface area contributed by atoms with E-state index in [1.165, 1.54) is 17.7 Å². The lowest BCUT2D eigenvalue weighted by molar-refractivity contribution is 0.0712. The Balaban J connectivity index is 1.45. The normalized spacial score (nSPS) is 14.6. The van der Waals surface area contributed by atoms with Crippen molar-refractivity contribution in [3.63, 3.8) is 0 Å². The van der Waals surface area contributed by atoms with Gasteiger partial charge in [0.05, 0.1) is 16.0 Å². The molecule has 1 aliphatic heterocycles. The number of nitrogens with zero attached hydrogens (tertiary/aromatic N) is 2. The Kier molecular flexibility index (Phi) is 6.75.